The van der Waals surface area contributed by atoms with E-state index in [9.17, 15) is 9.90 Å². The molecule has 4 heteroatoms. The van der Waals surface area contributed by atoms with Crippen LogP contribution in [0.25, 0.3) is 0 Å². The first-order chi connectivity index (χ1) is 9.46. The Balaban J connectivity index is 5.54. The summed E-state index contributed by atoms with van der Waals surface area (Å²) in [4.78, 5) is 11.3. The predicted molar refractivity (Wildman–Crippen MR) is 92.2 cm³/mol. The van der Waals surface area contributed by atoms with Crippen LogP contribution in [0.15, 0.2) is 0 Å². The minimum atomic E-state index is -2.03. The minimum absolute atomic E-state index is 0.111. The summed E-state index contributed by atoms with van der Waals surface area (Å²) in [5.74, 6) is -0.0802. The van der Waals surface area contributed by atoms with Gasteiger partial charge in [0.2, 0.25) is 8.32 Å². The first-order valence-corrected chi connectivity index (χ1v) is 10.5. The molecule has 0 saturated heterocycles. The smallest absolute Gasteiger partial charge is 0.305 e. The summed E-state index contributed by atoms with van der Waals surface area (Å²) in [7, 11) is -2.03. The summed E-state index contributed by atoms with van der Waals surface area (Å²) in [6.07, 6.45) is -0.0679. The topological polar surface area (TPSA) is 46.5 Å². The maximum absolute atomic E-state index is 11.3. The number of carboxylic acid groups (broad SMARTS) is 1. The Morgan fingerprint density at radius 1 is 0.905 bits per heavy atom. The molecule has 0 radical (unpaired) electrons. The Labute approximate surface area is 132 Å². The lowest BCUT2D eigenvalue weighted by molar-refractivity contribution is -0.139. The second kappa shape index (κ2) is 8.32. The molecular formula is C17H36O3Si. The fourth-order valence-electron chi connectivity index (χ4n) is 3.61. The third kappa shape index (κ3) is 5.10. The van der Waals surface area contributed by atoms with Crippen LogP contribution in [0.5, 0.6) is 0 Å². The van der Waals surface area contributed by atoms with Crippen molar-refractivity contribution in [1.82, 2.24) is 0 Å². The molecule has 0 unspecified atom stereocenters. The van der Waals surface area contributed by atoms with Crippen molar-refractivity contribution in [2.45, 2.75) is 91.5 Å². The van der Waals surface area contributed by atoms with Gasteiger partial charge in [-0.25, -0.2) is 0 Å². The standard InChI is InChI=1S/C17H36O3Si/c1-11(2)15(9)16(10-17(18)19)20-21(12(3)4,13(5)6)14(7)8/h11-16H,10H2,1-9H3,(H,18,19)/t15-,16+/m1/s1. The van der Waals surface area contributed by atoms with Crippen LogP contribution in [0.4, 0.5) is 0 Å². The molecule has 0 amide bonds. The summed E-state index contributed by atoms with van der Waals surface area (Å²) in [6, 6.07) is 0. The number of aliphatic carboxylic acids is 1. The first-order valence-electron chi connectivity index (χ1n) is 8.36. The highest BCUT2D eigenvalue weighted by molar-refractivity contribution is 6.77. The zero-order chi connectivity index (χ0) is 17.0. The number of carboxylic acids is 1. The Morgan fingerprint density at radius 2 is 1.29 bits per heavy atom. The predicted octanol–water partition coefficient (Wildman–Crippen LogP) is 5.31. The molecule has 0 aliphatic heterocycles. The van der Waals surface area contributed by atoms with Gasteiger partial charge < -0.3 is 9.53 Å². The van der Waals surface area contributed by atoms with Gasteiger partial charge in [-0.3, -0.25) is 4.79 Å². The molecule has 2 atom stereocenters. The molecule has 0 aliphatic carbocycles. The normalized spacial score (nSPS) is 16.0. The molecule has 0 aromatic carbocycles. The summed E-state index contributed by atoms with van der Waals surface area (Å²) in [5, 5.41) is 9.26. The Hall–Kier alpha value is -0.353. The van der Waals surface area contributed by atoms with Crippen LogP contribution in [0, 0.1) is 11.8 Å². The summed E-state index contributed by atoms with van der Waals surface area (Å²) in [6.45, 7) is 19.9. The molecule has 0 aromatic heterocycles. The maximum atomic E-state index is 11.3. The third-order valence-electron chi connectivity index (χ3n) is 5.08. The van der Waals surface area contributed by atoms with Crippen molar-refractivity contribution in [2.75, 3.05) is 0 Å². The molecule has 0 heterocycles. The summed E-state index contributed by atoms with van der Waals surface area (Å²) >= 11 is 0. The van der Waals surface area contributed by atoms with E-state index in [2.05, 4.69) is 62.3 Å². The van der Waals surface area contributed by atoms with Gasteiger partial charge in [0.05, 0.1) is 12.5 Å². The van der Waals surface area contributed by atoms with Crippen molar-refractivity contribution in [3.05, 3.63) is 0 Å². The lowest BCUT2D eigenvalue weighted by Crippen LogP contribution is -2.52. The van der Waals surface area contributed by atoms with E-state index in [1.807, 2.05) is 0 Å². The van der Waals surface area contributed by atoms with Crippen molar-refractivity contribution in [2.24, 2.45) is 11.8 Å². The molecule has 1 N–H and O–H groups in total. The second-order valence-corrected chi connectivity index (χ2v) is 13.1. The van der Waals surface area contributed by atoms with E-state index in [1.165, 1.54) is 0 Å². The fraction of sp³-hybridized carbons (Fsp3) is 0.941. The molecule has 0 rings (SSSR count). The van der Waals surface area contributed by atoms with Crippen molar-refractivity contribution in [1.29, 1.82) is 0 Å². The van der Waals surface area contributed by atoms with E-state index >= 15 is 0 Å². The fourth-order valence-corrected chi connectivity index (χ4v) is 9.25. The first kappa shape index (κ1) is 20.6. The van der Waals surface area contributed by atoms with Crippen LogP contribution in [-0.2, 0) is 9.22 Å². The molecule has 0 saturated carbocycles. The lowest BCUT2D eigenvalue weighted by Gasteiger charge is -2.46. The molecule has 21 heavy (non-hydrogen) atoms. The molecule has 0 fully saturated rings. The van der Waals surface area contributed by atoms with E-state index in [0.29, 0.717) is 22.5 Å². The van der Waals surface area contributed by atoms with Gasteiger partial charge in [-0.1, -0.05) is 62.3 Å². The lowest BCUT2D eigenvalue weighted by atomic mass is 9.91. The largest absolute Gasteiger partial charge is 0.481 e. The zero-order valence-corrected chi connectivity index (χ0v) is 16.4. The van der Waals surface area contributed by atoms with Gasteiger partial charge in [0.1, 0.15) is 0 Å². The number of rotatable bonds is 9. The van der Waals surface area contributed by atoms with E-state index in [1.54, 1.807) is 0 Å². The van der Waals surface area contributed by atoms with Gasteiger partial charge in [-0.15, -0.1) is 0 Å². The van der Waals surface area contributed by atoms with Crippen molar-refractivity contribution >= 4 is 14.3 Å². The summed E-state index contributed by atoms with van der Waals surface area (Å²) < 4.78 is 6.71. The molecule has 126 valence electrons. The Bertz CT molecular complexity index is 302. The van der Waals surface area contributed by atoms with Gasteiger partial charge in [0.25, 0.3) is 0 Å². The van der Waals surface area contributed by atoms with Crippen LogP contribution in [0.3, 0.4) is 0 Å². The third-order valence-corrected chi connectivity index (χ3v) is 11.2. The second-order valence-electron chi connectivity index (χ2n) is 7.67. The number of hydrogen-bond acceptors (Lipinski definition) is 2. The quantitative estimate of drug-likeness (QED) is 0.586. The van der Waals surface area contributed by atoms with Gasteiger partial charge >= 0.3 is 5.97 Å². The van der Waals surface area contributed by atoms with E-state index in [0.717, 1.165) is 0 Å². The maximum Gasteiger partial charge on any atom is 0.305 e. The van der Waals surface area contributed by atoms with Crippen LogP contribution < -0.4 is 0 Å². The number of hydrogen-bond donors (Lipinski definition) is 1. The Kier molecular flexibility index (Phi) is 8.18. The average molecular weight is 317 g/mol. The highest BCUT2D eigenvalue weighted by atomic mass is 28.4. The van der Waals surface area contributed by atoms with Gasteiger partial charge in [-0.2, -0.15) is 0 Å². The summed E-state index contributed by atoms with van der Waals surface area (Å²) in [5.41, 5.74) is 1.44. The molecule has 0 bridgehead atoms. The van der Waals surface area contributed by atoms with Crippen molar-refractivity contribution in [3.63, 3.8) is 0 Å². The monoisotopic (exact) mass is 316 g/mol. The highest BCUT2D eigenvalue weighted by Gasteiger charge is 2.47. The SMILES string of the molecule is CC(C)[C@@H](C)[C@H](CC(=O)O)O[Si](C(C)C)(C(C)C)C(C)C. The van der Waals surface area contributed by atoms with E-state index in [-0.39, 0.29) is 18.4 Å². The molecule has 3 nitrogen and oxygen atoms in total. The van der Waals surface area contributed by atoms with E-state index in [4.69, 9.17) is 4.43 Å². The number of carbonyl (C=O) groups is 1. The van der Waals surface area contributed by atoms with Crippen molar-refractivity contribution < 1.29 is 14.3 Å². The molecule has 0 spiro atoms. The van der Waals surface area contributed by atoms with Crippen molar-refractivity contribution in [3.8, 4) is 0 Å². The van der Waals surface area contributed by atoms with Gasteiger partial charge in [0, 0.05) is 0 Å². The van der Waals surface area contributed by atoms with Crippen LogP contribution in [-0.4, -0.2) is 25.5 Å². The van der Waals surface area contributed by atoms with Crippen LogP contribution >= 0.6 is 0 Å². The molecular weight excluding hydrogens is 280 g/mol. The molecule has 0 aliphatic rings. The van der Waals surface area contributed by atoms with Gasteiger partial charge in [0.15, 0.2) is 0 Å². The average Bonchev–Trinajstić information content (AvgIpc) is 2.31. The highest BCUT2D eigenvalue weighted by Crippen LogP contribution is 2.44. The minimum Gasteiger partial charge on any atom is -0.481 e. The zero-order valence-electron chi connectivity index (χ0n) is 15.4. The Morgan fingerprint density at radius 3 is 1.52 bits per heavy atom. The van der Waals surface area contributed by atoms with Crippen LogP contribution in [0.1, 0.15) is 68.7 Å². The van der Waals surface area contributed by atoms with Crippen LogP contribution in [0.2, 0.25) is 16.6 Å². The van der Waals surface area contributed by atoms with Gasteiger partial charge in [-0.05, 0) is 28.5 Å². The van der Waals surface area contributed by atoms with E-state index < -0.39 is 14.3 Å². The molecule has 0 aromatic rings.